The van der Waals surface area contributed by atoms with Crippen molar-refractivity contribution in [1.29, 1.82) is 0 Å². The Morgan fingerprint density at radius 3 is 1.63 bits per heavy atom. The Hall–Kier alpha value is -2.27. The zero-order valence-corrected chi connectivity index (χ0v) is 13.1. The number of alkyl halides is 9. The van der Waals surface area contributed by atoms with Crippen LogP contribution in [-0.2, 0) is 0 Å². The van der Waals surface area contributed by atoms with Gasteiger partial charge in [-0.15, -0.1) is 0 Å². The maximum Gasteiger partial charge on any atom is 0.460 e. The van der Waals surface area contributed by atoms with Crippen molar-refractivity contribution in [2.45, 2.75) is 30.9 Å². The van der Waals surface area contributed by atoms with Crippen LogP contribution in [0, 0.1) is 0 Å². The van der Waals surface area contributed by atoms with Gasteiger partial charge in [0.2, 0.25) is 5.83 Å². The van der Waals surface area contributed by atoms with Crippen LogP contribution in [0.1, 0.15) is 12.5 Å². The predicted molar refractivity (Wildman–Crippen MR) is 71.9 cm³/mol. The molecule has 0 heterocycles. The molecule has 0 aliphatic heterocycles. The van der Waals surface area contributed by atoms with E-state index in [0.29, 0.717) is 11.1 Å². The molecule has 0 saturated heterocycles. The zero-order chi connectivity index (χ0) is 21.4. The molecule has 0 amide bonds. The topological polar surface area (TPSA) is 9.23 Å². The van der Waals surface area contributed by atoms with Gasteiger partial charge in [0.1, 0.15) is 5.75 Å². The van der Waals surface area contributed by atoms with Gasteiger partial charge in [-0.2, -0.15) is 48.3 Å². The average Bonchev–Trinajstić information content (AvgIpc) is 2.52. The van der Waals surface area contributed by atoms with Crippen molar-refractivity contribution in [2.24, 2.45) is 0 Å². The Balaban J connectivity index is 3.25. The first-order valence-electron chi connectivity index (χ1n) is 6.66. The molecule has 1 rings (SSSR count). The first kappa shape index (κ1) is 22.8. The lowest BCUT2D eigenvalue weighted by atomic mass is 10.0. The molecule has 1 aromatic rings. The van der Waals surface area contributed by atoms with E-state index < -0.39 is 41.5 Å². The van der Waals surface area contributed by atoms with Gasteiger partial charge in [0.05, 0.1) is 0 Å². The summed E-state index contributed by atoms with van der Waals surface area (Å²) >= 11 is 0. The third kappa shape index (κ3) is 4.03. The summed E-state index contributed by atoms with van der Waals surface area (Å²) in [7, 11) is 0. The fourth-order valence-electron chi connectivity index (χ4n) is 1.59. The van der Waals surface area contributed by atoms with Crippen LogP contribution in [0.5, 0.6) is 5.75 Å². The summed E-state index contributed by atoms with van der Waals surface area (Å²) in [6, 6.07) is 0.955. The summed E-state index contributed by atoms with van der Waals surface area (Å²) in [5.74, 6) is -26.2. The van der Waals surface area contributed by atoms with Gasteiger partial charge in [0.15, 0.2) is 0 Å². The van der Waals surface area contributed by atoms with Gasteiger partial charge in [-0.05, 0) is 24.6 Å². The van der Waals surface area contributed by atoms with E-state index in [-0.39, 0.29) is 0 Å². The van der Waals surface area contributed by atoms with E-state index in [9.17, 15) is 48.3 Å². The zero-order valence-electron chi connectivity index (χ0n) is 13.1. The van der Waals surface area contributed by atoms with Crippen molar-refractivity contribution in [3.05, 3.63) is 48.2 Å². The molecule has 0 aliphatic rings. The molecule has 0 radical (unpaired) electrons. The fourth-order valence-corrected chi connectivity index (χ4v) is 1.59. The second-order valence-corrected chi connectivity index (χ2v) is 5.22. The maximum absolute atomic E-state index is 13.4. The minimum atomic E-state index is -7.36. The Morgan fingerprint density at radius 2 is 1.26 bits per heavy atom. The standard InChI is InChI=1S/C15H9F11O/c1-7(2)8-3-5-9(6-4-8)27-11(17)10(16)12(18,19)13(20,21)14(22,23)15(24,25)26/h3-6H,1H2,2H3. The van der Waals surface area contributed by atoms with E-state index in [2.05, 4.69) is 11.3 Å². The number of hydrogen-bond acceptors (Lipinski definition) is 1. The third-order valence-corrected chi connectivity index (χ3v) is 3.15. The van der Waals surface area contributed by atoms with E-state index in [0.717, 1.165) is 12.1 Å². The smallest absolute Gasteiger partial charge is 0.430 e. The molecule has 0 aromatic heterocycles. The second kappa shape index (κ2) is 7.04. The SMILES string of the molecule is C=C(C)c1ccc(OC(F)=C(F)C(F)(F)C(F)(F)C(F)(F)C(F)(F)F)cc1. The van der Waals surface area contributed by atoms with Crippen LogP contribution in [0.3, 0.4) is 0 Å². The van der Waals surface area contributed by atoms with Gasteiger partial charge in [-0.3, -0.25) is 0 Å². The van der Waals surface area contributed by atoms with E-state index in [1.165, 1.54) is 12.1 Å². The average molecular weight is 414 g/mol. The number of ether oxygens (including phenoxy) is 1. The molecular weight excluding hydrogens is 405 g/mol. The molecule has 0 spiro atoms. The molecule has 152 valence electrons. The highest BCUT2D eigenvalue weighted by Crippen LogP contribution is 2.55. The maximum atomic E-state index is 13.4. The molecule has 1 aromatic carbocycles. The van der Waals surface area contributed by atoms with Gasteiger partial charge in [0.25, 0.3) is 0 Å². The number of benzene rings is 1. The van der Waals surface area contributed by atoms with Crippen LogP contribution in [0.25, 0.3) is 5.57 Å². The monoisotopic (exact) mass is 414 g/mol. The van der Waals surface area contributed by atoms with E-state index in [4.69, 9.17) is 0 Å². The molecule has 0 N–H and O–H groups in total. The summed E-state index contributed by atoms with van der Waals surface area (Å²) in [6.07, 6.45) is -7.16. The molecule has 27 heavy (non-hydrogen) atoms. The second-order valence-electron chi connectivity index (χ2n) is 5.22. The Kier molecular flexibility index (Phi) is 5.94. The van der Waals surface area contributed by atoms with Crippen molar-refractivity contribution in [3.63, 3.8) is 0 Å². The first-order chi connectivity index (χ1) is 12.0. The van der Waals surface area contributed by atoms with Crippen molar-refractivity contribution < 1.29 is 53.0 Å². The van der Waals surface area contributed by atoms with E-state index in [1.807, 2.05) is 0 Å². The van der Waals surface area contributed by atoms with Crippen LogP contribution in [0.4, 0.5) is 48.3 Å². The van der Waals surface area contributed by atoms with Crippen molar-refractivity contribution in [2.75, 3.05) is 0 Å². The third-order valence-electron chi connectivity index (χ3n) is 3.15. The lowest BCUT2D eigenvalue weighted by Gasteiger charge is -2.32. The van der Waals surface area contributed by atoms with Crippen molar-refractivity contribution in [3.8, 4) is 5.75 Å². The highest BCUT2D eigenvalue weighted by Gasteiger charge is 2.83. The van der Waals surface area contributed by atoms with Crippen molar-refractivity contribution in [1.82, 2.24) is 0 Å². The number of halogens is 11. The van der Waals surface area contributed by atoms with E-state index in [1.54, 1.807) is 6.92 Å². The Labute approximate surface area is 144 Å². The number of allylic oxidation sites excluding steroid dienone is 2. The number of rotatable bonds is 6. The first-order valence-corrected chi connectivity index (χ1v) is 6.66. The highest BCUT2D eigenvalue weighted by atomic mass is 19.4. The van der Waals surface area contributed by atoms with Crippen LogP contribution in [0.2, 0.25) is 0 Å². The van der Waals surface area contributed by atoms with Gasteiger partial charge in [-0.25, -0.2) is 0 Å². The lowest BCUT2D eigenvalue weighted by Crippen LogP contribution is -2.61. The molecule has 0 fully saturated rings. The minimum Gasteiger partial charge on any atom is -0.430 e. The highest BCUT2D eigenvalue weighted by molar-refractivity contribution is 5.61. The summed E-state index contributed by atoms with van der Waals surface area (Å²) < 4.78 is 144. The van der Waals surface area contributed by atoms with Gasteiger partial charge in [-0.1, -0.05) is 24.3 Å². The molecule has 1 nitrogen and oxygen atoms in total. The lowest BCUT2D eigenvalue weighted by molar-refractivity contribution is -0.392. The number of hydrogen-bond donors (Lipinski definition) is 0. The van der Waals surface area contributed by atoms with Crippen LogP contribution in [-0.4, -0.2) is 23.9 Å². The summed E-state index contributed by atoms with van der Waals surface area (Å²) in [4.78, 5) is 0. The fraction of sp³-hybridized carbons (Fsp3) is 0.333. The minimum absolute atomic E-state index is 0.439. The van der Waals surface area contributed by atoms with Crippen molar-refractivity contribution >= 4 is 5.57 Å². The molecule has 0 atom stereocenters. The van der Waals surface area contributed by atoms with Crippen LogP contribution >= 0.6 is 0 Å². The molecule has 12 heteroatoms. The van der Waals surface area contributed by atoms with Gasteiger partial charge in [0, 0.05) is 0 Å². The quantitative estimate of drug-likeness (QED) is 0.373. The predicted octanol–water partition coefficient (Wildman–Crippen LogP) is 6.67. The molecular formula is C15H9F11O. The normalized spacial score (nSPS) is 14.7. The molecule has 0 saturated carbocycles. The summed E-state index contributed by atoms with van der Waals surface area (Å²) in [5, 5.41) is 0. The molecule has 0 bridgehead atoms. The molecule has 0 unspecified atom stereocenters. The van der Waals surface area contributed by atoms with Gasteiger partial charge < -0.3 is 4.74 Å². The van der Waals surface area contributed by atoms with Crippen LogP contribution < -0.4 is 4.74 Å². The largest absolute Gasteiger partial charge is 0.460 e. The Bertz CT molecular complexity index is 729. The molecule has 0 aliphatic carbocycles. The Morgan fingerprint density at radius 1 is 0.815 bits per heavy atom. The summed E-state index contributed by atoms with van der Waals surface area (Å²) in [5.41, 5.74) is 0.929. The van der Waals surface area contributed by atoms with Crippen LogP contribution in [0.15, 0.2) is 42.7 Å². The van der Waals surface area contributed by atoms with Gasteiger partial charge >= 0.3 is 30.0 Å². The summed E-state index contributed by atoms with van der Waals surface area (Å²) in [6.45, 7) is 5.06. The van der Waals surface area contributed by atoms with E-state index >= 15 is 0 Å².